The third-order valence-corrected chi connectivity index (χ3v) is 5.43. The fourth-order valence-corrected chi connectivity index (χ4v) is 3.75. The molecule has 2 fully saturated rings. The van der Waals surface area contributed by atoms with E-state index >= 15 is 0 Å². The highest BCUT2D eigenvalue weighted by Crippen LogP contribution is 2.21. The number of likely N-dealkylation sites (N-methyl/N-ethyl adjacent to an activating group) is 2. The molecule has 1 saturated heterocycles. The van der Waals surface area contributed by atoms with Crippen molar-refractivity contribution >= 4 is 5.91 Å². The highest BCUT2D eigenvalue weighted by Gasteiger charge is 2.25. The lowest BCUT2D eigenvalue weighted by atomic mass is 10.1. The van der Waals surface area contributed by atoms with Crippen LogP contribution in [-0.4, -0.2) is 73.5 Å². The molecule has 1 aliphatic heterocycles. The smallest absolute Gasteiger partial charge is 0.223 e. The van der Waals surface area contributed by atoms with Gasteiger partial charge in [-0.1, -0.05) is 25.7 Å². The summed E-state index contributed by atoms with van der Waals surface area (Å²) in [7, 11) is 6.36. The Balaban J connectivity index is 1.72. The summed E-state index contributed by atoms with van der Waals surface area (Å²) in [4.78, 5) is 19.2. The maximum Gasteiger partial charge on any atom is 0.223 e. The zero-order valence-electron chi connectivity index (χ0n) is 14.2. The third kappa shape index (κ3) is 4.96. The number of hydrogen-bond donors (Lipinski definition) is 0. The first kappa shape index (κ1) is 16.8. The largest absolute Gasteiger partial charge is 0.343 e. The first-order valence-electron chi connectivity index (χ1n) is 8.72. The van der Waals surface area contributed by atoms with Crippen molar-refractivity contribution in [2.45, 2.75) is 63.5 Å². The molecule has 1 atom stereocenters. The second kappa shape index (κ2) is 8.14. The molecule has 0 unspecified atom stereocenters. The number of carbonyl (C=O) groups excluding carboxylic acids is 1. The third-order valence-electron chi connectivity index (χ3n) is 5.43. The van der Waals surface area contributed by atoms with Crippen molar-refractivity contribution in [1.82, 2.24) is 14.7 Å². The van der Waals surface area contributed by atoms with E-state index in [2.05, 4.69) is 23.9 Å². The van der Waals surface area contributed by atoms with Gasteiger partial charge in [-0.05, 0) is 39.9 Å². The number of hydrogen-bond acceptors (Lipinski definition) is 3. The van der Waals surface area contributed by atoms with Gasteiger partial charge in [0.2, 0.25) is 5.91 Å². The van der Waals surface area contributed by atoms with Crippen LogP contribution in [0.2, 0.25) is 0 Å². The van der Waals surface area contributed by atoms with Crippen LogP contribution in [0.1, 0.15) is 51.4 Å². The fraction of sp³-hybridized carbons (Fsp3) is 0.941. The Bertz CT molecular complexity index is 326. The summed E-state index contributed by atoms with van der Waals surface area (Å²) >= 11 is 0. The van der Waals surface area contributed by atoms with E-state index in [4.69, 9.17) is 0 Å². The first-order valence-corrected chi connectivity index (χ1v) is 8.72. The number of amides is 1. The molecule has 1 heterocycles. The standard InChI is InChI=1S/C17H33N3O/c1-18-12-10-16(14-18)19(2)13-11-17(21)20(3)15-8-6-4-5-7-9-15/h15-16H,4-14H2,1-3H3/t16-/m0/s1. The van der Waals surface area contributed by atoms with E-state index in [9.17, 15) is 4.79 Å². The molecule has 4 heteroatoms. The minimum atomic E-state index is 0.333. The average Bonchev–Trinajstić information content (AvgIpc) is 2.75. The minimum absolute atomic E-state index is 0.333. The second-order valence-corrected chi connectivity index (χ2v) is 7.09. The van der Waals surface area contributed by atoms with Crippen LogP contribution in [0.25, 0.3) is 0 Å². The monoisotopic (exact) mass is 295 g/mol. The lowest BCUT2D eigenvalue weighted by Gasteiger charge is -2.29. The van der Waals surface area contributed by atoms with Gasteiger partial charge in [0.25, 0.3) is 0 Å². The summed E-state index contributed by atoms with van der Waals surface area (Å²) in [6, 6.07) is 1.12. The Labute approximate surface area is 130 Å². The van der Waals surface area contributed by atoms with Crippen LogP contribution in [0.3, 0.4) is 0 Å². The van der Waals surface area contributed by atoms with Gasteiger partial charge >= 0.3 is 0 Å². The molecule has 1 saturated carbocycles. The van der Waals surface area contributed by atoms with Crippen molar-refractivity contribution in [3.8, 4) is 0 Å². The van der Waals surface area contributed by atoms with Crippen molar-refractivity contribution < 1.29 is 4.79 Å². The summed E-state index contributed by atoms with van der Waals surface area (Å²) in [5.74, 6) is 0.333. The molecule has 0 bridgehead atoms. The average molecular weight is 295 g/mol. The lowest BCUT2D eigenvalue weighted by Crippen LogP contribution is -2.40. The van der Waals surface area contributed by atoms with Gasteiger partial charge in [0.05, 0.1) is 0 Å². The normalized spacial score (nSPS) is 25.2. The molecule has 122 valence electrons. The van der Waals surface area contributed by atoms with Crippen LogP contribution in [-0.2, 0) is 4.79 Å². The summed E-state index contributed by atoms with van der Waals surface area (Å²) < 4.78 is 0. The summed E-state index contributed by atoms with van der Waals surface area (Å²) in [6.45, 7) is 3.22. The Kier molecular flexibility index (Phi) is 6.49. The van der Waals surface area contributed by atoms with Gasteiger partial charge in [0, 0.05) is 38.6 Å². The molecule has 1 aliphatic carbocycles. The number of nitrogens with zero attached hydrogens (tertiary/aromatic N) is 3. The molecule has 0 spiro atoms. The van der Waals surface area contributed by atoms with Gasteiger partial charge in [-0.25, -0.2) is 0 Å². The molecular weight excluding hydrogens is 262 g/mol. The van der Waals surface area contributed by atoms with Crippen molar-refractivity contribution in [3.05, 3.63) is 0 Å². The van der Waals surface area contributed by atoms with E-state index in [-0.39, 0.29) is 0 Å². The van der Waals surface area contributed by atoms with Crippen LogP contribution in [0, 0.1) is 0 Å². The Morgan fingerprint density at radius 2 is 1.71 bits per heavy atom. The number of rotatable bonds is 5. The molecule has 0 aromatic heterocycles. The van der Waals surface area contributed by atoms with E-state index in [0.717, 1.165) is 13.1 Å². The van der Waals surface area contributed by atoms with Crippen LogP contribution in [0.15, 0.2) is 0 Å². The van der Waals surface area contributed by atoms with Crippen molar-refractivity contribution in [2.75, 3.05) is 40.8 Å². The summed E-state index contributed by atoms with van der Waals surface area (Å²) in [5.41, 5.74) is 0. The van der Waals surface area contributed by atoms with Crippen LogP contribution in [0.4, 0.5) is 0 Å². The molecule has 4 nitrogen and oxygen atoms in total. The van der Waals surface area contributed by atoms with Gasteiger partial charge in [0.1, 0.15) is 0 Å². The molecule has 2 rings (SSSR count). The molecule has 0 radical (unpaired) electrons. The SMILES string of the molecule is CN1CC[C@H](N(C)CCC(=O)N(C)C2CCCCCC2)C1. The molecule has 2 aliphatic rings. The summed E-state index contributed by atoms with van der Waals surface area (Å²) in [5, 5.41) is 0. The zero-order valence-corrected chi connectivity index (χ0v) is 14.2. The second-order valence-electron chi connectivity index (χ2n) is 7.09. The molecule has 0 N–H and O–H groups in total. The van der Waals surface area contributed by atoms with E-state index in [1.165, 1.54) is 51.5 Å². The van der Waals surface area contributed by atoms with Crippen LogP contribution in [0.5, 0.6) is 0 Å². The minimum Gasteiger partial charge on any atom is -0.343 e. The van der Waals surface area contributed by atoms with Gasteiger partial charge in [0.15, 0.2) is 0 Å². The molecule has 0 aromatic carbocycles. The van der Waals surface area contributed by atoms with Gasteiger partial charge in [-0.15, -0.1) is 0 Å². The van der Waals surface area contributed by atoms with Gasteiger partial charge in [-0.3, -0.25) is 4.79 Å². The Hall–Kier alpha value is -0.610. The van der Waals surface area contributed by atoms with E-state index in [0.29, 0.717) is 24.4 Å². The van der Waals surface area contributed by atoms with Gasteiger partial charge in [-0.2, -0.15) is 0 Å². The number of carbonyl (C=O) groups is 1. The molecular formula is C17H33N3O. The predicted octanol–water partition coefficient (Wildman–Crippen LogP) is 2.19. The fourth-order valence-electron chi connectivity index (χ4n) is 3.75. The molecule has 1 amide bonds. The number of likely N-dealkylation sites (tertiary alicyclic amines) is 1. The first-order chi connectivity index (χ1) is 10.1. The van der Waals surface area contributed by atoms with E-state index in [1.54, 1.807) is 0 Å². The van der Waals surface area contributed by atoms with Gasteiger partial charge < -0.3 is 14.7 Å². The maximum atomic E-state index is 12.4. The molecule has 21 heavy (non-hydrogen) atoms. The van der Waals surface area contributed by atoms with E-state index in [1.807, 2.05) is 11.9 Å². The van der Waals surface area contributed by atoms with Crippen molar-refractivity contribution in [1.29, 1.82) is 0 Å². The Morgan fingerprint density at radius 1 is 1.05 bits per heavy atom. The maximum absolute atomic E-state index is 12.4. The Morgan fingerprint density at radius 3 is 2.29 bits per heavy atom. The van der Waals surface area contributed by atoms with Crippen molar-refractivity contribution in [3.63, 3.8) is 0 Å². The summed E-state index contributed by atoms with van der Waals surface area (Å²) in [6.07, 6.45) is 9.57. The highest BCUT2D eigenvalue weighted by atomic mass is 16.2. The predicted molar refractivity (Wildman–Crippen MR) is 87.4 cm³/mol. The van der Waals surface area contributed by atoms with E-state index < -0.39 is 0 Å². The van der Waals surface area contributed by atoms with Crippen LogP contribution < -0.4 is 0 Å². The van der Waals surface area contributed by atoms with Crippen molar-refractivity contribution in [2.24, 2.45) is 0 Å². The topological polar surface area (TPSA) is 26.8 Å². The lowest BCUT2D eigenvalue weighted by molar-refractivity contribution is -0.132. The molecule has 0 aromatic rings. The quantitative estimate of drug-likeness (QED) is 0.728. The zero-order chi connectivity index (χ0) is 15.2. The highest BCUT2D eigenvalue weighted by molar-refractivity contribution is 5.76. The van der Waals surface area contributed by atoms with Crippen LogP contribution >= 0.6 is 0 Å².